The van der Waals surface area contributed by atoms with Crippen LogP contribution in [0, 0.1) is 18.3 Å². The minimum atomic E-state index is 0.429. The molecule has 0 aliphatic rings. The number of hydrogen-bond donors (Lipinski definition) is 0. The maximum Gasteiger partial charge on any atom is 0.148 e. The summed E-state index contributed by atoms with van der Waals surface area (Å²) in [6.45, 7) is 6.17. The van der Waals surface area contributed by atoms with Crippen molar-refractivity contribution in [1.82, 2.24) is 9.55 Å². The quantitative estimate of drug-likeness (QED) is 0.858. The second-order valence-electron chi connectivity index (χ2n) is 5.14. The summed E-state index contributed by atoms with van der Waals surface area (Å²) < 4.78 is 7.28. The van der Waals surface area contributed by atoms with Crippen molar-refractivity contribution in [2.75, 3.05) is 7.11 Å². The minimum absolute atomic E-state index is 0.429. The molecule has 0 unspecified atom stereocenters. The van der Waals surface area contributed by atoms with Gasteiger partial charge >= 0.3 is 0 Å². The van der Waals surface area contributed by atoms with Crippen LogP contribution in [0.4, 0.5) is 0 Å². The van der Waals surface area contributed by atoms with E-state index in [9.17, 15) is 5.26 Å². The molecule has 1 aromatic heterocycles. The Morgan fingerprint density at radius 3 is 2.60 bits per heavy atom. The minimum Gasteiger partial charge on any atom is -0.496 e. The maximum absolute atomic E-state index is 9.33. The smallest absolute Gasteiger partial charge is 0.148 e. The van der Waals surface area contributed by atoms with Crippen molar-refractivity contribution in [3.63, 3.8) is 0 Å². The molecule has 4 heteroatoms. The van der Waals surface area contributed by atoms with E-state index in [4.69, 9.17) is 4.74 Å². The number of methoxy groups -OCH3 is 1. The number of aryl methyl sites for hydroxylation is 1. The number of aromatic nitrogens is 2. The first kappa shape index (κ1) is 14.1. The van der Waals surface area contributed by atoms with Gasteiger partial charge in [0.25, 0.3) is 0 Å². The molecule has 0 spiro atoms. The summed E-state index contributed by atoms with van der Waals surface area (Å²) in [5, 5.41) is 9.33. The highest BCUT2D eigenvalue weighted by molar-refractivity contribution is 5.72. The zero-order valence-corrected chi connectivity index (χ0v) is 12.6. The summed E-state index contributed by atoms with van der Waals surface area (Å²) in [6, 6.07) is 8.28. The zero-order valence-electron chi connectivity index (χ0n) is 12.6. The molecule has 2 aromatic rings. The lowest BCUT2D eigenvalue weighted by molar-refractivity contribution is 0.415. The van der Waals surface area contributed by atoms with Crippen molar-refractivity contribution < 1.29 is 4.74 Å². The van der Waals surface area contributed by atoms with Gasteiger partial charge in [-0.25, -0.2) is 4.98 Å². The van der Waals surface area contributed by atoms with E-state index in [0.29, 0.717) is 17.3 Å². The number of hydrogen-bond acceptors (Lipinski definition) is 3. The second kappa shape index (κ2) is 5.38. The van der Waals surface area contributed by atoms with E-state index >= 15 is 0 Å². The standard InChI is InChI=1S/C16H19N3O/c1-10(2)12-6-7-13(15(8-12)20-5)16-14(9-17)19(4)11(3)18-16/h6-8,10H,1-5H3. The Morgan fingerprint density at radius 2 is 2.05 bits per heavy atom. The number of benzene rings is 1. The molecule has 0 fully saturated rings. The Hall–Kier alpha value is -2.28. The number of nitriles is 1. The SMILES string of the molecule is COc1cc(C(C)C)ccc1-c1nc(C)n(C)c1C#N. The summed E-state index contributed by atoms with van der Waals surface area (Å²) in [5.41, 5.74) is 3.30. The Morgan fingerprint density at radius 1 is 1.35 bits per heavy atom. The average Bonchev–Trinajstić information content (AvgIpc) is 2.73. The van der Waals surface area contributed by atoms with Gasteiger partial charge in [-0.05, 0) is 30.5 Å². The first-order chi connectivity index (χ1) is 9.49. The van der Waals surface area contributed by atoms with E-state index in [1.165, 1.54) is 5.56 Å². The average molecular weight is 269 g/mol. The van der Waals surface area contributed by atoms with E-state index in [-0.39, 0.29) is 0 Å². The molecular weight excluding hydrogens is 250 g/mol. The van der Waals surface area contributed by atoms with Crippen LogP contribution in [0.2, 0.25) is 0 Å². The van der Waals surface area contributed by atoms with Crippen LogP contribution < -0.4 is 4.74 Å². The lowest BCUT2D eigenvalue weighted by Gasteiger charge is -2.11. The third-order valence-electron chi connectivity index (χ3n) is 3.57. The Labute approximate surface area is 119 Å². The monoisotopic (exact) mass is 269 g/mol. The fourth-order valence-corrected chi connectivity index (χ4v) is 2.19. The molecule has 0 saturated heterocycles. The van der Waals surface area contributed by atoms with Gasteiger partial charge in [0.1, 0.15) is 29.0 Å². The van der Waals surface area contributed by atoms with E-state index < -0.39 is 0 Å². The van der Waals surface area contributed by atoms with Crippen LogP contribution in [0.5, 0.6) is 5.75 Å². The molecule has 0 aliphatic carbocycles. The van der Waals surface area contributed by atoms with Crippen molar-refractivity contribution in [3.8, 4) is 23.1 Å². The van der Waals surface area contributed by atoms with Crippen molar-refractivity contribution in [3.05, 3.63) is 35.3 Å². The third-order valence-corrected chi connectivity index (χ3v) is 3.57. The Balaban J connectivity index is 2.65. The van der Waals surface area contributed by atoms with Gasteiger partial charge in [0, 0.05) is 12.6 Å². The summed E-state index contributed by atoms with van der Waals surface area (Å²) in [6.07, 6.45) is 0. The van der Waals surface area contributed by atoms with Crippen molar-refractivity contribution in [2.24, 2.45) is 7.05 Å². The van der Waals surface area contributed by atoms with Gasteiger partial charge in [0.15, 0.2) is 0 Å². The van der Waals surface area contributed by atoms with Gasteiger partial charge < -0.3 is 9.30 Å². The fraction of sp³-hybridized carbons (Fsp3) is 0.375. The van der Waals surface area contributed by atoms with E-state index in [0.717, 1.165) is 17.1 Å². The van der Waals surface area contributed by atoms with Crippen LogP contribution in [0.3, 0.4) is 0 Å². The Bertz CT molecular complexity index is 678. The van der Waals surface area contributed by atoms with Gasteiger partial charge in [0.2, 0.25) is 0 Å². The predicted molar refractivity (Wildman–Crippen MR) is 78.7 cm³/mol. The van der Waals surface area contributed by atoms with E-state index in [1.807, 2.05) is 26.1 Å². The van der Waals surface area contributed by atoms with Crippen LogP contribution in [0.15, 0.2) is 18.2 Å². The van der Waals surface area contributed by atoms with Gasteiger partial charge in [-0.3, -0.25) is 0 Å². The van der Waals surface area contributed by atoms with Crippen molar-refractivity contribution in [1.29, 1.82) is 5.26 Å². The van der Waals surface area contributed by atoms with Crippen LogP contribution in [0.1, 0.15) is 36.8 Å². The van der Waals surface area contributed by atoms with E-state index in [2.05, 4.69) is 31.0 Å². The van der Waals surface area contributed by atoms with Gasteiger partial charge in [0.05, 0.1) is 7.11 Å². The van der Waals surface area contributed by atoms with Crippen molar-refractivity contribution in [2.45, 2.75) is 26.7 Å². The topological polar surface area (TPSA) is 50.8 Å². The molecule has 1 aromatic carbocycles. The first-order valence-electron chi connectivity index (χ1n) is 6.61. The van der Waals surface area contributed by atoms with Crippen LogP contribution >= 0.6 is 0 Å². The molecule has 0 aliphatic heterocycles. The molecule has 0 bridgehead atoms. The highest BCUT2D eigenvalue weighted by Gasteiger charge is 2.18. The second-order valence-corrected chi connectivity index (χ2v) is 5.14. The third kappa shape index (κ3) is 2.27. The van der Waals surface area contributed by atoms with Crippen LogP contribution in [0.25, 0.3) is 11.3 Å². The van der Waals surface area contributed by atoms with Crippen LogP contribution in [-0.4, -0.2) is 16.7 Å². The predicted octanol–water partition coefficient (Wildman–Crippen LogP) is 3.40. The summed E-state index contributed by atoms with van der Waals surface area (Å²) in [5.74, 6) is 2.00. The summed E-state index contributed by atoms with van der Waals surface area (Å²) >= 11 is 0. The number of rotatable bonds is 3. The number of ether oxygens (including phenoxy) is 1. The molecule has 1 heterocycles. The molecule has 2 rings (SSSR count). The zero-order chi connectivity index (χ0) is 14.9. The number of imidazole rings is 1. The normalized spacial score (nSPS) is 10.7. The summed E-state index contributed by atoms with van der Waals surface area (Å²) in [7, 11) is 3.49. The highest BCUT2D eigenvalue weighted by Crippen LogP contribution is 2.34. The highest BCUT2D eigenvalue weighted by atomic mass is 16.5. The molecule has 0 N–H and O–H groups in total. The largest absolute Gasteiger partial charge is 0.496 e. The number of nitrogens with zero attached hydrogens (tertiary/aromatic N) is 3. The molecule has 0 atom stereocenters. The molecule has 104 valence electrons. The molecule has 4 nitrogen and oxygen atoms in total. The van der Waals surface area contributed by atoms with E-state index in [1.54, 1.807) is 11.7 Å². The van der Waals surface area contributed by atoms with Crippen LogP contribution in [-0.2, 0) is 7.05 Å². The lowest BCUT2D eigenvalue weighted by atomic mass is 9.99. The lowest BCUT2D eigenvalue weighted by Crippen LogP contribution is -1.96. The molecular formula is C16H19N3O. The fourth-order valence-electron chi connectivity index (χ4n) is 2.19. The first-order valence-corrected chi connectivity index (χ1v) is 6.61. The van der Waals surface area contributed by atoms with Crippen molar-refractivity contribution >= 4 is 0 Å². The molecule has 0 amide bonds. The summed E-state index contributed by atoms with van der Waals surface area (Å²) in [4.78, 5) is 4.49. The molecule has 20 heavy (non-hydrogen) atoms. The van der Waals surface area contributed by atoms with Gasteiger partial charge in [-0.15, -0.1) is 0 Å². The van der Waals surface area contributed by atoms with Gasteiger partial charge in [-0.1, -0.05) is 19.9 Å². The Kier molecular flexibility index (Phi) is 3.80. The van der Waals surface area contributed by atoms with Gasteiger partial charge in [-0.2, -0.15) is 5.26 Å². The molecule has 0 saturated carbocycles. The maximum atomic E-state index is 9.33. The molecule has 0 radical (unpaired) electrons.